The summed E-state index contributed by atoms with van der Waals surface area (Å²) in [5.74, 6) is -1.52. The van der Waals surface area contributed by atoms with Crippen LogP contribution in [0.25, 0.3) is 10.9 Å². The van der Waals surface area contributed by atoms with Gasteiger partial charge in [-0.1, -0.05) is 31.5 Å². The Kier molecular flexibility index (Phi) is 5.20. The molecule has 5 heteroatoms. The molecule has 2 rings (SSSR count). The number of amides is 1. The quantitative estimate of drug-likeness (QED) is 0.735. The van der Waals surface area contributed by atoms with Crippen molar-refractivity contribution in [3.63, 3.8) is 0 Å². The molecule has 5 nitrogen and oxygen atoms in total. The number of carbonyl (C=O) groups is 2. The van der Waals surface area contributed by atoms with Crippen LogP contribution >= 0.6 is 0 Å². The molecular weight excluding hydrogens is 280 g/mol. The van der Waals surface area contributed by atoms with Crippen LogP contribution in [-0.4, -0.2) is 28.5 Å². The molecule has 1 aromatic carbocycles. The number of benzene rings is 1. The van der Waals surface area contributed by atoms with Crippen LogP contribution in [0, 0.1) is 12.8 Å². The van der Waals surface area contributed by atoms with Crippen molar-refractivity contribution in [1.29, 1.82) is 0 Å². The number of carboxylic acid groups (broad SMARTS) is 1. The van der Waals surface area contributed by atoms with E-state index < -0.39 is 11.9 Å². The molecule has 0 saturated heterocycles. The molecular formula is C17H22N2O3. The van der Waals surface area contributed by atoms with E-state index in [-0.39, 0.29) is 18.9 Å². The normalized spacial score (nSPS) is 12.3. The summed E-state index contributed by atoms with van der Waals surface area (Å²) in [6.45, 7) is 4.07. The van der Waals surface area contributed by atoms with Gasteiger partial charge in [0.1, 0.15) is 0 Å². The molecule has 0 fully saturated rings. The fraction of sp³-hybridized carbons (Fsp3) is 0.412. The zero-order valence-electron chi connectivity index (χ0n) is 13.0. The third-order valence-electron chi connectivity index (χ3n) is 3.90. The predicted molar refractivity (Wildman–Crippen MR) is 85.8 cm³/mol. The molecule has 0 bridgehead atoms. The van der Waals surface area contributed by atoms with E-state index in [1.165, 1.54) is 0 Å². The van der Waals surface area contributed by atoms with Gasteiger partial charge in [0.05, 0.1) is 12.3 Å². The molecule has 1 amide bonds. The minimum Gasteiger partial charge on any atom is -0.481 e. The summed E-state index contributed by atoms with van der Waals surface area (Å²) in [5, 5.41) is 12.9. The van der Waals surface area contributed by atoms with E-state index in [0.717, 1.165) is 28.6 Å². The molecule has 2 aromatic rings. The van der Waals surface area contributed by atoms with Crippen LogP contribution in [0.4, 0.5) is 0 Å². The Morgan fingerprint density at radius 2 is 2.05 bits per heavy atom. The van der Waals surface area contributed by atoms with E-state index in [0.29, 0.717) is 6.42 Å². The number of hydrogen-bond donors (Lipinski definition) is 3. The third-order valence-corrected chi connectivity index (χ3v) is 3.90. The van der Waals surface area contributed by atoms with E-state index >= 15 is 0 Å². The van der Waals surface area contributed by atoms with E-state index in [9.17, 15) is 9.59 Å². The smallest absolute Gasteiger partial charge is 0.308 e. The first-order valence-electron chi connectivity index (χ1n) is 7.58. The van der Waals surface area contributed by atoms with Gasteiger partial charge in [-0.2, -0.15) is 0 Å². The number of nitrogens with one attached hydrogen (secondary N) is 2. The Labute approximate surface area is 129 Å². The maximum Gasteiger partial charge on any atom is 0.308 e. The van der Waals surface area contributed by atoms with Crippen LogP contribution in [-0.2, 0) is 16.0 Å². The number of carboxylic acids is 1. The number of aliphatic carboxylic acids is 1. The number of para-hydroxylation sites is 1. The number of aryl methyl sites for hydroxylation is 1. The Bertz CT molecular complexity index is 676. The summed E-state index contributed by atoms with van der Waals surface area (Å²) in [6.07, 6.45) is 1.62. The van der Waals surface area contributed by atoms with Crippen molar-refractivity contribution in [2.75, 3.05) is 6.54 Å². The maximum absolute atomic E-state index is 12.1. The Morgan fingerprint density at radius 3 is 2.73 bits per heavy atom. The number of carbonyl (C=O) groups excluding carboxylic acids is 1. The first kappa shape index (κ1) is 16.1. The van der Waals surface area contributed by atoms with E-state index in [1.54, 1.807) is 0 Å². The molecule has 1 heterocycles. The fourth-order valence-electron chi connectivity index (χ4n) is 2.68. The molecule has 0 saturated carbocycles. The molecule has 0 aliphatic rings. The van der Waals surface area contributed by atoms with Crippen molar-refractivity contribution >= 4 is 22.8 Å². The van der Waals surface area contributed by atoms with Gasteiger partial charge in [0, 0.05) is 23.1 Å². The van der Waals surface area contributed by atoms with Gasteiger partial charge >= 0.3 is 5.97 Å². The molecule has 118 valence electrons. The van der Waals surface area contributed by atoms with Gasteiger partial charge in [0.25, 0.3) is 0 Å². The largest absolute Gasteiger partial charge is 0.481 e. The van der Waals surface area contributed by atoms with Crippen molar-refractivity contribution < 1.29 is 14.7 Å². The summed E-state index contributed by atoms with van der Waals surface area (Å²) in [4.78, 5) is 26.5. The monoisotopic (exact) mass is 302 g/mol. The molecule has 1 atom stereocenters. The number of hydrogen-bond acceptors (Lipinski definition) is 2. The number of aromatic amines is 1. The van der Waals surface area contributed by atoms with Crippen LogP contribution in [0.1, 0.15) is 31.0 Å². The highest BCUT2D eigenvalue weighted by Crippen LogP contribution is 2.22. The Hall–Kier alpha value is -2.30. The first-order chi connectivity index (χ1) is 10.5. The highest BCUT2D eigenvalue weighted by Gasteiger charge is 2.18. The second-order valence-corrected chi connectivity index (χ2v) is 5.58. The SMILES string of the molecule is CCCC(CNC(=O)Cc1c(C)[nH]c2ccccc12)C(=O)O. The summed E-state index contributed by atoms with van der Waals surface area (Å²) in [6, 6.07) is 7.85. The van der Waals surface area contributed by atoms with Crippen molar-refractivity contribution in [2.24, 2.45) is 5.92 Å². The minimum absolute atomic E-state index is 0.143. The lowest BCUT2D eigenvalue weighted by atomic mass is 10.0. The van der Waals surface area contributed by atoms with Crippen LogP contribution in [0.5, 0.6) is 0 Å². The van der Waals surface area contributed by atoms with Gasteiger partial charge in [0.15, 0.2) is 0 Å². The summed E-state index contributed by atoms with van der Waals surface area (Å²) < 4.78 is 0. The third kappa shape index (κ3) is 3.67. The van der Waals surface area contributed by atoms with Gasteiger partial charge in [-0.15, -0.1) is 0 Å². The second-order valence-electron chi connectivity index (χ2n) is 5.58. The van der Waals surface area contributed by atoms with Crippen LogP contribution in [0.2, 0.25) is 0 Å². The maximum atomic E-state index is 12.1. The van der Waals surface area contributed by atoms with Crippen molar-refractivity contribution in [3.05, 3.63) is 35.5 Å². The van der Waals surface area contributed by atoms with E-state index in [2.05, 4.69) is 10.3 Å². The zero-order valence-corrected chi connectivity index (χ0v) is 13.0. The van der Waals surface area contributed by atoms with Crippen molar-refractivity contribution in [3.8, 4) is 0 Å². The first-order valence-corrected chi connectivity index (χ1v) is 7.58. The molecule has 1 aromatic heterocycles. The minimum atomic E-state index is -0.856. The van der Waals surface area contributed by atoms with Gasteiger partial charge in [-0.25, -0.2) is 0 Å². The van der Waals surface area contributed by atoms with Gasteiger partial charge < -0.3 is 15.4 Å². The average Bonchev–Trinajstić information content (AvgIpc) is 2.79. The number of H-pyrrole nitrogens is 1. The average molecular weight is 302 g/mol. The molecule has 3 N–H and O–H groups in total. The van der Waals surface area contributed by atoms with Crippen molar-refractivity contribution in [2.45, 2.75) is 33.1 Å². The van der Waals surface area contributed by atoms with Gasteiger partial charge in [0.2, 0.25) is 5.91 Å². The number of aromatic nitrogens is 1. The van der Waals surface area contributed by atoms with Crippen molar-refractivity contribution in [1.82, 2.24) is 10.3 Å². The van der Waals surface area contributed by atoms with Crippen LogP contribution < -0.4 is 5.32 Å². The number of fused-ring (bicyclic) bond motifs is 1. The molecule has 0 aliphatic heterocycles. The van der Waals surface area contributed by atoms with E-state index in [4.69, 9.17) is 5.11 Å². The second kappa shape index (κ2) is 7.11. The fourth-order valence-corrected chi connectivity index (χ4v) is 2.68. The van der Waals surface area contributed by atoms with Gasteiger partial charge in [-0.05, 0) is 25.0 Å². The van der Waals surface area contributed by atoms with Crippen LogP contribution in [0.3, 0.4) is 0 Å². The topological polar surface area (TPSA) is 82.2 Å². The molecule has 22 heavy (non-hydrogen) atoms. The highest BCUT2D eigenvalue weighted by molar-refractivity contribution is 5.90. The highest BCUT2D eigenvalue weighted by atomic mass is 16.4. The van der Waals surface area contributed by atoms with Crippen LogP contribution in [0.15, 0.2) is 24.3 Å². The Balaban J connectivity index is 2.02. The molecule has 1 unspecified atom stereocenters. The Morgan fingerprint density at radius 1 is 1.32 bits per heavy atom. The molecule has 0 spiro atoms. The lowest BCUT2D eigenvalue weighted by Crippen LogP contribution is -2.33. The standard InChI is InChI=1S/C17H22N2O3/c1-3-6-12(17(21)22)10-18-16(20)9-14-11(2)19-15-8-5-4-7-13(14)15/h4-5,7-8,12,19H,3,6,9-10H2,1-2H3,(H,18,20)(H,21,22). The molecule has 0 aliphatic carbocycles. The summed E-state index contributed by atoms with van der Waals surface area (Å²) in [5.41, 5.74) is 2.95. The van der Waals surface area contributed by atoms with Gasteiger partial charge in [-0.3, -0.25) is 9.59 Å². The number of rotatable bonds is 7. The van der Waals surface area contributed by atoms with E-state index in [1.807, 2.05) is 38.1 Å². The zero-order chi connectivity index (χ0) is 16.1. The predicted octanol–water partition coefficient (Wildman–Crippen LogP) is 2.64. The summed E-state index contributed by atoms with van der Waals surface area (Å²) in [7, 11) is 0. The lowest BCUT2D eigenvalue weighted by Gasteiger charge is -2.12. The molecule has 0 radical (unpaired) electrons. The summed E-state index contributed by atoms with van der Waals surface area (Å²) >= 11 is 0. The lowest BCUT2D eigenvalue weighted by molar-refractivity contribution is -0.141.